The van der Waals surface area contributed by atoms with E-state index in [-0.39, 0.29) is 0 Å². The molecule has 1 aromatic rings. The Morgan fingerprint density at radius 1 is 1.11 bits per heavy atom. The second-order valence-electron chi connectivity index (χ2n) is 5.56. The first-order chi connectivity index (χ1) is 9.35. The van der Waals surface area contributed by atoms with E-state index in [9.17, 15) is 0 Å². The van der Waals surface area contributed by atoms with Crippen molar-refractivity contribution in [1.82, 2.24) is 5.32 Å². The van der Waals surface area contributed by atoms with Gasteiger partial charge in [-0.3, -0.25) is 0 Å². The second kappa shape index (κ2) is 5.41. The molecule has 0 aromatic heterocycles. The minimum absolute atomic E-state index is 0.566. The maximum Gasteiger partial charge on any atom is 0.126 e. The van der Waals surface area contributed by atoms with Crippen molar-refractivity contribution in [2.24, 2.45) is 0 Å². The molecule has 1 saturated heterocycles. The van der Waals surface area contributed by atoms with E-state index in [0.29, 0.717) is 5.92 Å². The van der Waals surface area contributed by atoms with Gasteiger partial charge >= 0.3 is 0 Å². The number of benzene rings is 1. The molecule has 0 radical (unpaired) electrons. The molecule has 0 bridgehead atoms. The predicted octanol–water partition coefficient (Wildman–Crippen LogP) is 2.66. The summed E-state index contributed by atoms with van der Waals surface area (Å²) in [5.74, 6) is 2.76. The summed E-state index contributed by atoms with van der Waals surface area (Å²) in [6.45, 7) is 2.16. The van der Waals surface area contributed by atoms with E-state index in [4.69, 9.17) is 9.47 Å². The quantitative estimate of drug-likeness (QED) is 0.907. The molecule has 0 spiro atoms. The molecular formula is C16H23NO2. The van der Waals surface area contributed by atoms with Gasteiger partial charge < -0.3 is 14.8 Å². The van der Waals surface area contributed by atoms with E-state index < -0.39 is 0 Å². The summed E-state index contributed by atoms with van der Waals surface area (Å²) in [6.07, 6.45) is 5.97. The molecule has 19 heavy (non-hydrogen) atoms. The Labute approximate surface area is 115 Å². The van der Waals surface area contributed by atoms with Crippen LogP contribution in [0.1, 0.15) is 41.9 Å². The van der Waals surface area contributed by atoms with Crippen LogP contribution in [0, 0.1) is 0 Å². The average Bonchev–Trinajstić information content (AvgIpc) is 2.99. The average molecular weight is 261 g/mol. The summed E-state index contributed by atoms with van der Waals surface area (Å²) in [4.78, 5) is 0. The first-order valence-electron chi connectivity index (χ1n) is 7.32. The summed E-state index contributed by atoms with van der Waals surface area (Å²) in [7, 11) is 3.59. The summed E-state index contributed by atoms with van der Waals surface area (Å²) in [5.41, 5.74) is 4.11. The molecule has 104 valence electrons. The van der Waals surface area contributed by atoms with Crippen LogP contribution in [0.2, 0.25) is 0 Å². The van der Waals surface area contributed by atoms with Crippen molar-refractivity contribution in [3.8, 4) is 11.5 Å². The van der Waals surface area contributed by atoms with Crippen LogP contribution in [-0.2, 0) is 12.8 Å². The van der Waals surface area contributed by atoms with E-state index in [1.807, 2.05) is 7.11 Å². The van der Waals surface area contributed by atoms with Gasteiger partial charge in [0.15, 0.2) is 0 Å². The predicted molar refractivity (Wildman–Crippen MR) is 76.4 cm³/mol. The lowest BCUT2D eigenvalue weighted by Crippen LogP contribution is -2.13. The Kier molecular flexibility index (Phi) is 3.65. The first-order valence-corrected chi connectivity index (χ1v) is 7.32. The van der Waals surface area contributed by atoms with Crippen molar-refractivity contribution >= 4 is 0 Å². The minimum Gasteiger partial charge on any atom is -0.496 e. The Morgan fingerprint density at radius 2 is 1.89 bits per heavy atom. The molecule has 1 aromatic carbocycles. The maximum absolute atomic E-state index is 5.77. The number of fused-ring (bicyclic) bond motifs is 1. The van der Waals surface area contributed by atoms with Gasteiger partial charge in [-0.25, -0.2) is 0 Å². The summed E-state index contributed by atoms with van der Waals surface area (Å²) in [6, 6.07) is 2.22. The molecule has 3 heteroatoms. The van der Waals surface area contributed by atoms with Gasteiger partial charge in [-0.2, -0.15) is 0 Å². The first kappa shape index (κ1) is 12.8. The number of methoxy groups -OCH3 is 2. The van der Waals surface area contributed by atoms with E-state index >= 15 is 0 Å². The standard InChI is InChI=1S/C16H23NO2/c1-18-15-9-14(11-7-8-17-10-11)16(19-2)13-6-4-3-5-12(13)15/h9,11,17H,3-8,10H2,1-2H3. The third kappa shape index (κ3) is 2.20. The molecule has 2 aliphatic rings. The molecule has 3 rings (SSSR count). The highest BCUT2D eigenvalue weighted by molar-refractivity contribution is 5.56. The molecule has 0 saturated carbocycles. The zero-order chi connectivity index (χ0) is 13.2. The van der Waals surface area contributed by atoms with Crippen LogP contribution < -0.4 is 14.8 Å². The van der Waals surface area contributed by atoms with Crippen LogP contribution in [0.25, 0.3) is 0 Å². The Balaban J connectivity index is 2.12. The molecule has 1 aliphatic heterocycles. The zero-order valence-electron chi connectivity index (χ0n) is 11.9. The van der Waals surface area contributed by atoms with Gasteiger partial charge in [-0.1, -0.05) is 0 Å². The number of rotatable bonds is 3. The van der Waals surface area contributed by atoms with E-state index in [1.165, 1.54) is 36.0 Å². The summed E-state index contributed by atoms with van der Waals surface area (Å²) < 4.78 is 11.4. The van der Waals surface area contributed by atoms with E-state index in [1.54, 1.807) is 7.11 Å². The Morgan fingerprint density at radius 3 is 2.53 bits per heavy atom. The van der Waals surface area contributed by atoms with Crippen molar-refractivity contribution in [2.45, 2.75) is 38.0 Å². The molecule has 1 atom stereocenters. The van der Waals surface area contributed by atoms with Crippen LogP contribution in [0.5, 0.6) is 11.5 Å². The van der Waals surface area contributed by atoms with Crippen LogP contribution in [0.15, 0.2) is 6.07 Å². The Hall–Kier alpha value is -1.22. The van der Waals surface area contributed by atoms with Gasteiger partial charge in [-0.15, -0.1) is 0 Å². The normalized spacial score (nSPS) is 22.1. The van der Waals surface area contributed by atoms with Crippen LogP contribution in [-0.4, -0.2) is 27.3 Å². The molecule has 3 nitrogen and oxygen atoms in total. The van der Waals surface area contributed by atoms with Gasteiger partial charge in [0.1, 0.15) is 11.5 Å². The number of hydrogen-bond donors (Lipinski definition) is 1. The van der Waals surface area contributed by atoms with Crippen molar-refractivity contribution < 1.29 is 9.47 Å². The third-order valence-electron chi connectivity index (χ3n) is 4.51. The van der Waals surface area contributed by atoms with E-state index in [2.05, 4.69) is 11.4 Å². The minimum atomic E-state index is 0.566. The number of ether oxygens (including phenoxy) is 2. The molecule has 1 aliphatic carbocycles. The fourth-order valence-electron chi connectivity index (χ4n) is 3.54. The number of nitrogens with one attached hydrogen (secondary N) is 1. The van der Waals surface area contributed by atoms with E-state index in [0.717, 1.165) is 37.4 Å². The summed E-state index contributed by atoms with van der Waals surface area (Å²) >= 11 is 0. The fourth-order valence-corrected chi connectivity index (χ4v) is 3.54. The van der Waals surface area contributed by atoms with Crippen molar-refractivity contribution in [1.29, 1.82) is 0 Å². The SMILES string of the molecule is COc1cc(C2CCNC2)c(OC)c2c1CCCC2. The molecule has 1 N–H and O–H groups in total. The van der Waals surface area contributed by atoms with Gasteiger partial charge in [0.25, 0.3) is 0 Å². The molecule has 0 amide bonds. The van der Waals surface area contributed by atoms with Crippen LogP contribution in [0.3, 0.4) is 0 Å². The summed E-state index contributed by atoms with van der Waals surface area (Å²) in [5, 5.41) is 3.44. The highest BCUT2D eigenvalue weighted by Gasteiger charge is 2.27. The third-order valence-corrected chi connectivity index (χ3v) is 4.51. The van der Waals surface area contributed by atoms with Gasteiger partial charge in [-0.05, 0) is 44.7 Å². The molecule has 1 heterocycles. The second-order valence-corrected chi connectivity index (χ2v) is 5.56. The number of hydrogen-bond acceptors (Lipinski definition) is 3. The maximum atomic E-state index is 5.77. The molecule has 1 fully saturated rings. The smallest absolute Gasteiger partial charge is 0.126 e. The zero-order valence-corrected chi connectivity index (χ0v) is 11.9. The van der Waals surface area contributed by atoms with Crippen LogP contribution in [0.4, 0.5) is 0 Å². The topological polar surface area (TPSA) is 30.5 Å². The Bertz CT molecular complexity index is 464. The lowest BCUT2D eigenvalue weighted by molar-refractivity contribution is 0.382. The molecule has 1 unspecified atom stereocenters. The van der Waals surface area contributed by atoms with Crippen molar-refractivity contribution in [2.75, 3.05) is 27.3 Å². The van der Waals surface area contributed by atoms with Crippen LogP contribution >= 0.6 is 0 Å². The van der Waals surface area contributed by atoms with Crippen molar-refractivity contribution in [3.63, 3.8) is 0 Å². The largest absolute Gasteiger partial charge is 0.496 e. The van der Waals surface area contributed by atoms with Gasteiger partial charge in [0.05, 0.1) is 14.2 Å². The highest BCUT2D eigenvalue weighted by atomic mass is 16.5. The highest BCUT2D eigenvalue weighted by Crippen LogP contribution is 2.42. The van der Waals surface area contributed by atoms with Gasteiger partial charge in [0.2, 0.25) is 0 Å². The fraction of sp³-hybridized carbons (Fsp3) is 0.625. The lowest BCUT2D eigenvalue weighted by Gasteiger charge is -2.25. The molecular weight excluding hydrogens is 238 g/mol. The van der Waals surface area contributed by atoms with Crippen molar-refractivity contribution in [3.05, 3.63) is 22.8 Å². The van der Waals surface area contributed by atoms with Gasteiger partial charge in [0, 0.05) is 29.2 Å². The monoisotopic (exact) mass is 261 g/mol. The lowest BCUT2D eigenvalue weighted by atomic mass is 9.85.